The Labute approximate surface area is 167 Å². The van der Waals surface area contributed by atoms with Gasteiger partial charge in [-0.15, -0.1) is 0 Å². The standard InChI is InChI=1S/C18H29ClN4O3S/c1-15-5-6-16(13-17(15)19)23(27(3,25)26)14-18(24)20-7-4-8-22-11-9-21(2)10-12-22/h5-6,13H,4,7-12,14H2,1-3H3,(H,20,24). The van der Waals surface area contributed by atoms with Gasteiger partial charge in [0.2, 0.25) is 15.9 Å². The average molecular weight is 417 g/mol. The highest BCUT2D eigenvalue weighted by molar-refractivity contribution is 7.92. The van der Waals surface area contributed by atoms with Crippen molar-refractivity contribution < 1.29 is 13.2 Å². The number of aryl methyl sites for hydroxylation is 1. The molecule has 0 saturated carbocycles. The van der Waals surface area contributed by atoms with Crippen molar-refractivity contribution in [2.45, 2.75) is 13.3 Å². The molecular formula is C18H29ClN4O3S. The molecule has 9 heteroatoms. The molecule has 0 aliphatic carbocycles. The number of carbonyl (C=O) groups excluding carboxylic acids is 1. The minimum absolute atomic E-state index is 0.257. The number of benzene rings is 1. The molecule has 2 rings (SSSR count). The molecule has 1 N–H and O–H groups in total. The molecule has 0 unspecified atom stereocenters. The Hall–Kier alpha value is -1.35. The SMILES string of the molecule is Cc1ccc(N(CC(=O)NCCCN2CCN(C)CC2)S(C)(=O)=O)cc1Cl. The Balaban J connectivity index is 1.84. The first-order valence-electron chi connectivity index (χ1n) is 9.08. The van der Waals surface area contributed by atoms with Crippen LogP contribution in [0.25, 0.3) is 0 Å². The van der Waals surface area contributed by atoms with Crippen LogP contribution < -0.4 is 9.62 Å². The van der Waals surface area contributed by atoms with Gasteiger partial charge < -0.3 is 15.1 Å². The predicted octanol–water partition coefficient (Wildman–Crippen LogP) is 1.17. The minimum atomic E-state index is -3.59. The zero-order valence-corrected chi connectivity index (χ0v) is 17.8. The number of nitrogens with zero attached hydrogens (tertiary/aromatic N) is 3. The Morgan fingerprint density at radius 3 is 2.52 bits per heavy atom. The first kappa shape index (κ1) is 21.9. The summed E-state index contributed by atoms with van der Waals surface area (Å²) in [6, 6.07) is 4.96. The average Bonchev–Trinajstić information content (AvgIpc) is 2.60. The molecule has 27 heavy (non-hydrogen) atoms. The molecule has 1 aliphatic heterocycles. The van der Waals surface area contributed by atoms with E-state index < -0.39 is 10.0 Å². The molecule has 1 aliphatic rings. The second kappa shape index (κ2) is 9.73. The van der Waals surface area contributed by atoms with Gasteiger partial charge in [-0.25, -0.2) is 8.42 Å². The molecule has 0 atom stereocenters. The largest absolute Gasteiger partial charge is 0.354 e. The van der Waals surface area contributed by atoms with E-state index in [9.17, 15) is 13.2 Å². The van der Waals surface area contributed by atoms with Crippen LogP contribution in [0.2, 0.25) is 5.02 Å². The zero-order chi connectivity index (χ0) is 20.0. The van der Waals surface area contributed by atoms with Crippen LogP contribution in [-0.4, -0.2) is 83.2 Å². The van der Waals surface area contributed by atoms with Crippen LogP contribution in [-0.2, 0) is 14.8 Å². The van der Waals surface area contributed by atoms with E-state index in [2.05, 4.69) is 22.2 Å². The van der Waals surface area contributed by atoms with Gasteiger partial charge in [0.1, 0.15) is 6.54 Å². The smallest absolute Gasteiger partial charge is 0.240 e. The van der Waals surface area contributed by atoms with Crippen LogP contribution in [0.5, 0.6) is 0 Å². The first-order chi connectivity index (χ1) is 12.7. The number of piperazine rings is 1. The van der Waals surface area contributed by atoms with Crippen LogP contribution >= 0.6 is 11.6 Å². The highest BCUT2D eigenvalue weighted by Crippen LogP contribution is 2.24. The van der Waals surface area contributed by atoms with Crippen LogP contribution in [0.15, 0.2) is 18.2 Å². The number of carbonyl (C=O) groups is 1. The van der Waals surface area contributed by atoms with E-state index >= 15 is 0 Å². The van der Waals surface area contributed by atoms with Crippen molar-refractivity contribution in [3.8, 4) is 0 Å². The third kappa shape index (κ3) is 6.95. The van der Waals surface area contributed by atoms with E-state index in [0.29, 0.717) is 17.3 Å². The van der Waals surface area contributed by atoms with Gasteiger partial charge in [-0.05, 0) is 44.6 Å². The van der Waals surface area contributed by atoms with Gasteiger partial charge in [0.25, 0.3) is 0 Å². The lowest BCUT2D eigenvalue weighted by Gasteiger charge is -2.32. The monoisotopic (exact) mass is 416 g/mol. The fraction of sp³-hybridized carbons (Fsp3) is 0.611. The molecule has 152 valence electrons. The molecule has 1 aromatic carbocycles. The molecule has 7 nitrogen and oxygen atoms in total. The van der Waals surface area contributed by atoms with Crippen LogP contribution in [0.4, 0.5) is 5.69 Å². The highest BCUT2D eigenvalue weighted by Gasteiger charge is 2.21. The summed E-state index contributed by atoms with van der Waals surface area (Å²) in [5.41, 5.74) is 1.24. The summed E-state index contributed by atoms with van der Waals surface area (Å²) in [4.78, 5) is 16.9. The molecule has 1 aromatic rings. The summed E-state index contributed by atoms with van der Waals surface area (Å²) in [5, 5.41) is 3.28. The van der Waals surface area contributed by atoms with Gasteiger partial charge in [0.15, 0.2) is 0 Å². The van der Waals surface area contributed by atoms with Crippen LogP contribution in [0, 0.1) is 6.92 Å². The van der Waals surface area contributed by atoms with Gasteiger partial charge >= 0.3 is 0 Å². The van der Waals surface area contributed by atoms with Crippen molar-refractivity contribution in [2.24, 2.45) is 0 Å². The maximum Gasteiger partial charge on any atom is 0.240 e. The number of likely N-dealkylation sites (N-methyl/N-ethyl adjacent to an activating group) is 1. The van der Waals surface area contributed by atoms with E-state index in [0.717, 1.165) is 55.3 Å². The lowest BCUT2D eigenvalue weighted by atomic mass is 10.2. The van der Waals surface area contributed by atoms with Gasteiger partial charge in [0, 0.05) is 37.7 Å². The van der Waals surface area contributed by atoms with Crippen molar-refractivity contribution in [1.29, 1.82) is 0 Å². The summed E-state index contributed by atoms with van der Waals surface area (Å²) >= 11 is 6.10. The maximum atomic E-state index is 12.2. The number of anilines is 1. The topological polar surface area (TPSA) is 73.0 Å². The Kier molecular flexibility index (Phi) is 7.91. The van der Waals surface area contributed by atoms with E-state index in [-0.39, 0.29) is 12.5 Å². The number of halogens is 1. The number of hydrogen-bond donors (Lipinski definition) is 1. The fourth-order valence-corrected chi connectivity index (χ4v) is 3.95. The van der Waals surface area contributed by atoms with Crippen molar-refractivity contribution >= 4 is 33.2 Å². The first-order valence-corrected chi connectivity index (χ1v) is 11.3. The Morgan fingerprint density at radius 1 is 1.26 bits per heavy atom. The van der Waals surface area contributed by atoms with Gasteiger partial charge in [-0.3, -0.25) is 9.10 Å². The number of sulfonamides is 1. The van der Waals surface area contributed by atoms with Gasteiger partial charge in [-0.1, -0.05) is 17.7 Å². The van der Waals surface area contributed by atoms with Gasteiger partial charge in [0.05, 0.1) is 11.9 Å². The molecule has 1 amide bonds. The lowest BCUT2D eigenvalue weighted by molar-refractivity contribution is -0.119. The lowest BCUT2D eigenvalue weighted by Crippen LogP contribution is -2.45. The van der Waals surface area contributed by atoms with Crippen molar-refractivity contribution in [2.75, 3.05) is 63.4 Å². The normalized spacial score (nSPS) is 16.3. The van der Waals surface area contributed by atoms with Crippen LogP contribution in [0.1, 0.15) is 12.0 Å². The summed E-state index contributed by atoms with van der Waals surface area (Å²) in [7, 11) is -1.48. The van der Waals surface area contributed by atoms with E-state index in [1.807, 2.05) is 6.92 Å². The minimum Gasteiger partial charge on any atom is -0.354 e. The second-order valence-corrected chi connectivity index (χ2v) is 9.37. The van der Waals surface area contributed by atoms with Crippen molar-refractivity contribution in [3.05, 3.63) is 28.8 Å². The van der Waals surface area contributed by atoms with Crippen molar-refractivity contribution in [3.63, 3.8) is 0 Å². The summed E-state index contributed by atoms with van der Waals surface area (Å²) in [5.74, 6) is -0.324. The second-order valence-electron chi connectivity index (χ2n) is 7.05. The van der Waals surface area contributed by atoms with E-state index in [1.165, 1.54) is 0 Å². The number of hydrogen-bond acceptors (Lipinski definition) is 5. The molecule has 1 saturated heterocycles. The fourth-order valence-electron chi connectivity index (χ4n) is 2.93. The van der Waals surface area contributed by atoms with E-state index in [4.69, 9.17) is 11.6 Å². The Morgan fingerprint density at radius 2 is 1.93 bits per heavy atom. The molecule has 0 aromatic heterocycles. The summed E-state index contributed by atoms with van der Waals surface area (Å²) in [6.45, 7) is 7.25. The molecule has 1 fully saturated rings. The quantitative estimate of drug-likeness (QED) is 0.644. The molecule has 0 spiro atoms. The maximum absolute atomic E-state index is 12.2. The van der Waals surface area contributed by atoms with E-state index in [1.54, 1.807) is 18.2 Å². The predicted molar refractivity (Wildman–Crippen MR) is 110 cm³/mol. The van der Waals surface area contributed by atoms with Gasteiger partial charge in [-0.2, -0.15) is 0 Å². The third-order valence-electron chi connectivity index (χ3n) is 4.70. The number of rotatable bonds is 8. The highest BCUT2D eigenvalue weighted by atomic mass is 35.5. The Bertz CT molecular complexity index is 749. The van der Waals surface area contributed by atoms with Crippen LogP contribution in [0.3, 0.4) is 0 Å². The summed E-state index contributed by atoms with van der Waals surface area (Å²) < 4.78 is 25.3. The molecule has 1 heterocycles. The molecular weight excluding hydrogens is 388 g/mol. The number of amides is 1. The number of nitrogens with one attached hydrogen (secondary N) is 1. The summed E-state index contributed by atoms with van der Waals surface area (Å²) in [6.07, 6.45) is 1.92. The third-order valence-corrected chi connectivity index (χ3v) is 6.25. The van der Waals surface area contributed by atoms with Crippen molar-refractivity contribution in [1.82, 2.24) is 15.1 Å². The molecule has 0 bridgehead atoms. The zero-order valence-electron chi connectivity index (χ0n) is 16.2. The molecule has 0 radical (unpaired) electrons.